The summed E-state index contributed by atoms with van der Waals surface area (Å²) < 4.78 is 11.7. The molecule has 4 atom stereocenters. The summed E-state index contributed by atoms with van der Waals surface area (Å²) in [6, 6.07) is 5.99. The van der Waals surface area contributed by atoms with Crippen molar-refractivity contribution in [3.05, 3.63) is 35.4 Å². The minimum atomic E-state index is -0.484. The van der Waals surface area contributed by atoms with Crippen LogP contribution < -0.4 is 9.47 Å². The largest absolute Gasteiger partial charge is 0.493 e. The number of hydrogen-bond donors (Lipinski definition) is 1. The fourth-order valence-corrected chi connectivity index (χ4v) is 4.27. The van der Waals surface area contributed by atoms with Gasteiger partial charge < -0.3 is 14.6 Å². The van der Waals surface area contributed by atoms with Crippen LogP contribution in [0.1, 0.15) is 30.0 Å². The maximum Gasteiger partial charge on any atom is 0.166 e. The third-order valence-corrected chi connectivity index (χ3v) is 5.48. The molecule has 0 saturated heterocycles. The van der Waals surface area contributed by atoms with Crippen molar-refractivity contribution >= 4 is 0 Å². The van der Waals surface area contributed by atoms with Crippen molar-refractivity contribution in [3.8, 4) is 17.6 Å². The van der Waals surface area contributed by atoms with E-state index >= 15 is 0 Å². The van der Waals surface area contributed by atoms with E-state index in [9.17, 15) is 10.4 Å². The maximum absolute atomic E-state index is 10.0. The SMILES string of the molecule is COc1ccc2c3c1O[C@H]1C[C@@H](O)C=C[C@@]31CCN(C)[C@@H]2C#N. The molecule has 0 saturated carbocycles. The Hall–Kier alpha value is -2.03. The third-order valence-electron chi connectivity index (χ3n) is 5.48. The molecule has 120 valence electrons. The van der Waals surface area contributed by atoms with E-state index in [1.165, 1.54) is 0 Å². The summed E-state index contributed by atoms with van der Waals surface area (Å²) in [5.41, 5.74) is 1.78. The number of ether oxygens (including phenoxy) is 2. The quantitative estimate of drug-likeness (QED) is 0.803. The molecule has 1 aromatic rings. The fraction of sp³-hybridized carbons (Fsp3) is 0.500. The lowest BCUT2D eigenvalue weighted by Crippen LogP contribution is -2.42. The average molecular weight is 312 g/mol. The Balaban J connectivity index is 2.00. The second kappa shape index (κ2) is 4.98. The number of aliphatic hydroxyl groups excluding tert-OH is 1. The summed E-state index contributed by atoms with van der Waals surface area (Å²) >= 11 is 0. The molecule has 2 heterocycles. The van der Waals surface area contributed by atoms with Crippen LogP contribution in [0.2, 0.25) is 0 Å². The van der Waals surface area contributed by atoms with Gasteiger partial charge >= 0.3 is 0 Å². The number of hydrogen-bond acceptors (Lipinski definition) is 5. The molecule has 2 aliphatic heterocycles. The Morgan fingerprint density at radius 2 is 2.30 bits per heavy atom. The number of benzene rings is 1. The van der Waals surface area contributed by atoms with Crippen molar-refractivity contribution in [2.24, 2.45) is 0 Å². The topological polar surface area (TPSA) is 65.7 Å². The fourth-order valence-electron chi connectivity index (χ4n) is 4.27. The lowest BCUT2D eigenvalue weighted by Gasteiger charge is -2.35. The Kier molecular flexibility index (Phi) is 3.15. The van der Waals surface area contributed by atoms with Gasteiger partial charge in [-0.2, -0.15) is 5.26 Å². The maximum atomic E-state index is 10.0. The van der Waals surface area contributed by atoms with E-state index in [4.69, 9.17) is 9.47 Å². The molecule has 1 aliphatic carbocycles. The van der Waals surface area contributed by atoms with Gasteiger partial charge in [-0.1, -0.05) is 18.2 Å². The predicted octanol–water partition coefficient (Wildman–Crippen LogP) is 1.91. The summed E-state index contributed by atoms with van der Waals surface area (Å²) in [6.07, 6.45) is 4.79. The lowest BCUT2D eigenvalue weighted by atomic mass is 9.69. The second-order valence-electron chi connectivity index (χ2n) is 6.63. The van der Waals surface area contributed by atoms with Gasteiger partial charge in [-0.25, -0.2) is 0 Å². The van der Waals surface area contributed by atoms with Crippen LogP contribution in [-0.2, 0) is 5.41 Å². The minimum Gasteiger partial charge on any atom is -0.493 e. The van der Waals surface area contributed by atoms with Gasteiger partial charge in [0, 0.05) is 18.5 Å². The molecule has 0 fully saturated rings. The lowest BCUT2D eigenvalue weighted by molar-refractivity contribution is 0.0817. The van der Waals surface area contributed by atoms with E-state index in [1.54, 1.807) is 7.11 Å². The second-order valence-corrected chi connectivity index (χ2v) is 6.63. The molecular weight excluding hydrogens is 292 g/mol. The van der Waals surface area contributed by atoms with Crippen molar-refractivity contribution in [3.63, 3.8) is 0 Å². The van der Waals surface area contributed by atoms with Crippen LogP contribution in [0.4, 0.5) is 0 Å². The summed E-state index contributed by atoms with van der Waals surface area (Å²) in [5.74, 6) is 1.44. The molecule has 5 nitrogen and oxygen atoms in total. The van der Waals surface area contributed by atoms with Crippen LogP contribution in [0, 0.1) is 11.3 Å². The summed E-state index contributed by atoms with van der Waals surface area (Å²) in [5, 5.41) is 19.7. The van der Waals surface area contributed by atoms with Crippen LogP contribution in [0.25, 0.3) is 0 Å². The van der Waals surface area contributed by atoms with Crippen LogP contribution in [0.5, 0.6) is 11.5 Å². The van der Waals surface area contributed by atoms with Crippen LogP contribution in [-0.4, -0.2) is 42.9 Å². The van der Waals surface area contributed by atoms with E-state index in [-0.39, 0.29) is 17.6 Å². The first-order chi connectivity index (χ1) is 11.1. The van der Waals surface area contributed by atoms with Gasteiger partial charge in [0.15, 0.2) is 11.5 Å². The molecule has 23 heavy (non-hydrogen) atoms. The monoisotopic (exact) mass is 312 g/mol. The first kappa shape index (κ1) is 14.6. The van der Waals surface area contributed by atoms with E-state index < -0.39 is 6.10 Å². The molecule has 0 amide bonds. The van der Waals surface area contributed by atoms with Crippen LogP contribution in [0.3, 0.4) is 0 Å². The molecule has 1 spiro atoms. The smallest absolute Gasteiger partial charge is 0.166 e. The normalized spacial score (nSPS) is 34.8. The van der Waals surface area contributed by atoms with Gasteiger partial charge in [0.25, 0.3) is 0 Å². The summed E-state index contributed by atoms with van der Waals surface area (Å²) in [4.78, 5) is 2.09. The Bertz CT molecular complexity index is 724. The summed E-state index contributed by atoms with van der Waals surface area (Å²) in [7, 11) is 3.62. The number of rotatable bonds is 1. The van der Waals surface area contributed by atoms with Gasteiger partial charge in [0.05, 0.1) is 24.7 Å². The zero-order valence-electron chi connectivity index (χ0n) is 13.3. The molecule has 0 bridgehead atoms. The highest BCUT2D eigenvalue weighted by Gasteiger charge is 2.53. The molecule has 1 N–H and O–H groups in total. The molecule has 5 heteroatoms. The Morgan fingerprint density at radius 3 is 3.04 bits per heavy atom. The standard InChI is InChI=1S/C18H20N2O3/c1-20-8-7-18-6-5-11(21)9-15(18)23-17-14(22-2)4-3-12(16(17)18)13(20)10-19/h3-6,11,13,15,21H,7-9H2,1-2H3/t11-,13+,15-,18-/m0/s1. The van der Waals surface area contributed by atoms with Crippen LogP contribution in [0.15, 0.2) is 24.3 Å². The Labute approximate surface area is 135 Å². The van der Waals surface area contributed by atoms with Gasteiger partial charge in [-0.15, -0.1) is 0 Å². The zero-order valence-corrected chi connectivity index (χ0v) is 13.3. The predicted molar refractivity (Wildman–Crippen MR) is 84.5 cm³/mol. The van der Waals surface area contributed by atoms with Crippen molar-refractivity contribution in [1.82, 2.24) is 4.90 Å². The molecule has 0 aromatic heterocycles. The third kappa shape index (κ3) is 1.85. The first-order valence-electron chi connectivity index (χ1n) is 7.96. The van der Waals surface area contributed by atoms with Gasteiger partial charge in [0.2, 0.25) is 0 Å². The van der Waals surface area contributed by atoms with Crippen LogP contribution >= 0.6 is 0 Å². The highest BCUT2D eigenvalue weighted by atomic mass is 16.5. The molecule has 0 radical (unpaired) electrons. The van der Waals surface area contributed by atoms with Crippen molar-refractivity contribution in [2.75, 3.05) is 20.7 Å². The molecule has 1 aromatic carbocycles. The average Bonchev–Trinajstić information content (AvgIpc) is 2.82. The summed E-state index contributed by atoms with van der Waals surface area (Å²) in [6.45, 7) is 0.801. The molecule has 0 unspecified atom stereocenters. The molecular formula is C18H20N2O3. The van der Waals surface area contributed by atoms with Gasteiger partial charge in [-0.05, 0) is 25.1 Å². The number of methoxy groups -OCH3 is 1. The zero-order chi connectivity index (χ0) is 16.2. The minimum absolute atomic E-state index is 0.113. The number of aliphatic hydroxyl groups is 1. The first-order valence-corrected chi connectivity index (χ1v) is 7.96. The number of nitriles is 1. The van der Waals surface area contributed by atoms with E-state index in [2.05, 4.69) is 17.0 Å². The number of nitrogens with zero attached hydrogens (tertiary/aromatic N) is 2. The van der Waals surface area contributed by atoms with E-state index in [0.717, 1.165) is 29.8 Å². The highest BCUT2D eigenvalue weighted by Crippen LogP contribution is 2.57. The molecule has 3 aliphatic rings. The van der Waals surface area contributed by atoms with Crippen molar-refractivity contribution in [2.45, 2.75) is 36.5 Å². The Morgan fingerprint density at radius 1 is 1.48 bits per heavy atom. The van der Waals surface area contributed by atoms with Gasteiger partial charge in [0.1, 0.15) is 12.1 Å². The van der Waals surface area contributed by atoms with Gasteiger partial charge in [-0.3, -0.25) is 4.90 Å². The highest BCUT2D eigenvalue weighted by molar-refractivity contribution is 5.62. The van der Waals surface area contributed by atoms with E-state index in [0.29, 0.717) is 12.2 Å². The van der Waals surface area contributed by atoms with Crippen molar-refractivity contribution in [1.29, 1.82) is 5.26 Å². The van der Waals surface area contributed by atoms with E-state index in [1.807, 2.05) is 25.3 Å². The van der Waals surface area contributed by atoms with Crippen molar-refractivity contribution < 1.29 is 14.6 Å². The molecule has 4 rings (SSSR count).